The summed E-state index contributed by atoms with van der Waals surface area (Å²) in [6, 6.07) is 5.03. The molecule has 3 unspecified atom stereocenters. The third-order valence-electron chi connectivity index (χ3n) is 8.81. The van der Waals surface area contributed by atoms with Crippen LogP contribution in [0.2, 0.25) is 0 Å². The maximum Gasteiger partial charge on any atom is 0.253 e. The zero-order chi connectivity index (χ0) is 29.9. The summed E-state index contributed by atoms with van der Waals surface area (Å²) >= 11 is 3.77. The van der Waals surface area contributed by atoms with Crippen molar-refractivity contribution >= 4 is 39.3 Å². The van der Waals surface area contributed by atoms with Crippen LogP contribution < -0.4 is 4.90 Å². The van der Waals surface area contributed by atoms with Crippen LogP contribution >= 0.6 is 15.9 Å². The van der Waals surface area contributed by atoms with E-state index in [9.17, 15) is 19.5 Å². The molecule has 0 saturated carbocycles. The van der Waals surface area contributed by atoms with E-state index < -0.39 is 29.6 Å². The number of para-hydroxylation sites is 1. The number of nitrogens with zero attached hydrogens (tertiary/aromatic N) is 3. The molecule has 1 aromatic rings. The van der Waals surface area contributed by atoms with Crippen LogP contribution in [0.25, 0.3) is 0 Å². The summed E-state index contributed by atoms with van der Waals surface area (Å²) in [6.07, 6.45) is 6.14. The number of carbonyl (C=O) groups excluding carboxylic acids is 3. The number of hydrogen-bond donors (Lipinski definition) is 1. The van der Waals surface area contributed by atoms with Gasteiger partial charge in [0.15, 0.2) is 0 Å². The summed E-state index contributed by atoms with van der Waals surface area (Å²) in [6.45, 7) is 15.4. The van der Waals surface area contributed by atoms with Crippen molar-refractivity contribution in [1.29, 1.82) is 0 Å². The minimum atomic E-state index is -1.12. The number of benzene rings is 1. The highest BCUT2D eigenvalue weighted by Crippen LogP contribution is 2.60. The van der Waals surface area contributed by atoms with Gasteiger partial charge in [-0.25, -0.2) is 0 Å². The number of halogens is 1. The van der Waals surface area contributed by atoms with Gasteiger partial charge in [-0.2, -0.15) is 0 Å². The molecule has 3 fully saturated rings. The van der Waals surface area contributed by atoms with E-state index >= 15 is 0 Å². The van der Waals surface area contributed by atoms with Crippen LogP contribution in [0.4, 0.5) is 5.69 Å². The Bertz CT molecular complexity index is 1150. The molecular formula is C32H44BrN3O5. The van der Waals surface area contributed by atoms with Gasteiger partial charge in [0, 0.05) is 43.3 Å². The molecule has 0 radical (unpaired) electrons. The molecule has 3 amide bonds. The third kappa shape index (κ3) is 5.53. The Morgan fingerprint density at radius 2 is 1.83 bits per heavy atom. The van der Waals surface area contributed by atoms with Crippen LogP contribution in [0.15, 0.2) is 43.5 Å². The molecule has 1 N–H and O–H groups in total. The van der Waals surface area contributed by atoms with Crippen molar-refractivity contribution in [2.24, 2.45) is 11.8 Å². The molecule has 3 heterocycles. The fourth-order valence-corrected chi connectivity index (χ4v) is 8.17. The number of fused-ring (bicyclic) bond motifs is 1. The van der Waals surface area contributed by atoms with Gasteiger partial charge < -0.3 is 24.5 Å². The fourth-order valence-electron chi connectivity index (χ4n) is 7.23. The lowest BCUT2D eigenvalue weighted by atomic mass is 9.70. The summed E-state index contributed by atoms with van der Waals surface area (Å²) in [5, 5.41) is 9.32. The summed E-state index contributed by atoms with van der Waals surface area (Å²) in [7, 11) is 0. The highest BCUT2D eigenvalue weighted by molar-refractivity contribution is 9.09. The van der Waals surface area contributed by atoms with Gasteiger partial charge in [0.25, 0.3) is 5.91 Å². The number of alkyl halides is 1. The van der Waals surface area contributed by atoms with E-state index in [1.807, 2.05) is 39.0 Å². The highest BCUT2D eigenvalue weighted by Gasteiger charge is 2.76. The number of hydrogen-bond acceptors (Lipinski definition) is 5. The van der Waals surface area contributed by atoms with E-state index in [-0.39, 0.29) is 35.7 Å². The topological polar surface area (TPSA) is 90.4 Å². The number of anilines is 1. The predicted molar refractivity (Wildman–Crippen MR) is 164 cm³/mol. The second kappa shape index (κ2) is 13.2. The molecule has 1 aromatic carbocycles. The Hall–Kier alpha value is -2.49. The van der Waals surface area contributed by atoms with Crippen LogP contribution in [0, 0.1) is 25.7 Å². The van der Waals surface area contributed by atoms with Crippen LogP contribution in [0.5, 0.6) is 0 Å². The second-order valence-corrected chi connectivity index (χ2v) is 12.7. The van der Waals surface area contributed by atoms with E-state index in [0.29, 0.717) is 38.9 Å². The molecule has 8 nitrogen and oxygen atoms in total. The first-order chi connectivity index (χ1) is 19.7. The number of carbonyl (C=O) groups is 3. The number of likely N-dealkylation sites (tertiary alicyclic amines) is 1. The smallest absolute Gasteiger partial charge is 0.253 e. The summed E-state index contributed by atoms with van der Waals surface area (Å²) in [5.41, 5.74) is 1.60. The van der Waals surface area contributed by atoms with Crippen molar-refractivity contribution in [3.05, 3.63) is 54.6 Å². The average molecular weight is 631 g/mol. The molecule has 41 heavy (non-hydrogen) atoms. The third-order valence-corrected chi connectivity index (χ3v) is 9.65. The number of aliphatic hydroxyl groups excluding tert-OH is 1. The molecule has 0 aliphatic carbocycles. The largest absolute Gasteiger partial charge is 0.396 e. The predicted octanol–water partition coefficient (Wildman–Crippen LogP) is 4.16. The zero-order valence-electron chi connectivity index (χ0n) is 24.6. The van der Waals surface area contributed by atoms with Gasteiger partial charge in [0.1, 0.15) is 11.6 Å². The molecule has 3 aliphatic rings. The Morgan fingerprint density at radius 3 is 2.44 bits per heavy atom. The van der Waals surface area contributed by atoms with E-state index in [4.69, 9.17) is 4.74 Å². The van der Waals surface area contributed by atoms with Crippen LogP contribution in [-0.2, 0) is 19.1 Å². The number of rotatable bonds is 14. The number of unbranched alkanes of at least 4 members (excludes halogenated alkanes) is 2. The van der Waals surface area contributed by atoms with E-state index in [2.05, 4.69) is 29.1 Å². The van der Waals surface area contributed by atoms with Gasteiger partial charge in [-0.15, -0.1) is 13.2 Å². The molecule has 4 rings (SSSR count). The number of aliphatic hydroxyl groups is 1. The average Bonchev–Trinajstić information content (AvgIpc) is 3.53. The quantitative estimate of drug-likeness (QED) is 0.190. The van der Waals surface area contributed by atoms with Crippen molar-refractivity contribution in [2.75, 3.05) is 37.7 Å². The maximum atomic E-state index is 14.8. The Labute approximate surface area is 252 Å². The first-order valence-electron chi connectivity index (χ1n) is 14.8. The normalized spacial score (nSPS) is 28.1. The standard InChI is InChI=1S/C32H44BrN3O5/c1-6-15-34(16-7-2)29(38)24-25-30(39)36(18-10-9-11-19-37)28(32(25)20-23(33)27(24)41-32)31(40)35(17-8-3)26-21(4)13-12-14-22(26)5/h6,8,12-14,23-25,27-28,37H,1,3,7,9-11,15-20H2,2,4-5H3/t23?,24-,25+,27-,28?,32?/m1/s1. The fraction of sp³-hybridized carbons (Fsp3) is 0.594. The molecule has 9 heteroatoms. The van der Waals surface area contributed by atoms with Gasteiger partial charge in [-0.3, -0.25) is 14.4 Å². The van der Waals surface area contributed by atoms with Gasteiger partial charge in [0.2, 0.25) is 11.8 Å². The van der Waals surface area contributed by atoms with Gasteiger partial charge in [-0.1, -0.05) is 53.2 Å². The first kappa shape index (κ1) is 31.4. The first-order valence-corrected chi connectivity index (χ1v) is 15.7. The SMILES string of the molecule is C=CCN(CCC)C(=O)[C@H]1[C@@H]2OC3(CC2Br)C(C(=O)N(CC=C)c2c(C)cccc2C)N(CCCCCO)C(=O)[C@H]13. The van der Waals surface area contributed by atoms with Crippen LogP contribution in [-0.4, -0.2) is 88.0 Å². The maximum absolute atomic E-state index is 14.8. The van der Waals surface area contributed by atoms with Crippen LogP contribution in [0.3, 0.4) is 0 Å². The van der Waals surface area contributed by atoms with Crippen molar-refractivity contribution in [1.82, 2.24) is 9.80 Å². The number of ether oxygens (including phenoxy) is 1. The molecule has 2 bridgehead atoms. The number of amides is 3. The molecule has 3 aliphatic heterocycles. The summed E-state index contributed by atoms with van der Waals surface area (Å²) in [5.74, 6) is -1.95. The van der Waals surface area contributed by atoms with Crippen molar-refractivity contribution < 1.29 is 24.2 Å². The van der Waals surface area contributed by atoms with Gasteiger partial charge >= 0.3 is 0 Å². The molecule has 6 atom stereocenters. The van der Waals surface area contributed by atoms with Crippen molar-refractivity contribution in [2.45, 2.75) is 75.4 Å². The van der Waals surface area contributed by atoms with E-state index in [1.165, 1.54) is 0 Å². The van der Waals surface area contributed by atoms with Crippen molar-refractivity contribution in [3.63, 3.8) is 0 Å². The molecule has 0 aromatic heterocycles. The van der Waals surface area contributed by atoms with Crippen molar-refractivity contribution in [3.8, 4) is 0 Å². The zero-order valence-corrected chi connectivity index (χ0v) is 26.1. The van der Waals surface area contributed by atoms with E-state index in [1.54, 1.807) is 26.9 Å². The second-order valence-electron chi connectivity index (χ2n) is 11.5. The van der Waals surface area contributed by atoms with Crippen LogP contribution in [0.1, 0.15) is 50.2 Å². The lowest BCUT2D eigenvalue weighted by Crippen LogP contribution is -2.57. The summed E-state index contributed by atoms with van der Waals surface area (Å²) in [4.78, 5) is 48.2. The molecule has 3 saturated heterocycles. The molecular weight excluding hydrogens is 586 g/mol. The molecule has 224 valence electrons. The number of aryl methyl sites for hydroxylation is 2. The van der Waals surface area contributed by atoms with E-state index in [0.717, 1.165) is 29.7 Å². The Morgan fingerprint density at radius 1 is 1.15 bits per heavy atom. The Balaban J connectivity index is 1.80. The summed E-state index contributed by atoms with van der Waals surface area (Å²) < 4.78 is 6.73. The minimum Gasteiger partial charge on any atom is -0.396 e. The Kier molecular flexibility index (Phi) is 10.1. The molecule has 1 spiro atoms. The minimum absolute atomic E-state index is 0.0751. The highest BCUT2D eigenvalue weighted by atomic mass is 79.9. The monoisotopic (exact) mass is 629 g/mol. The lowest BCUT2D eigenvalue weighted by molar-refractivity contribution is -0.145. The van der Waals surface area contributed by atoms with Gasteiger partial charge in [-0.05, 0) is 57.1 Å². The lowest BCUT2D eigenvalue weighted by Gasteiger charge is -2.38. The van der Waals surface area contributed by atoms with Gasteiger partial charge in [0.05, 0.1) is 17.9 Å².